The molecule has 0 saturated carbocycles. The van der Waals surface area contributed by atoms with E-state index >= 15 is 0 Å². The summed E-state index contributed by atoms with van der Waals surface area (Å²) < 4.78 is 5.53. The van der Waals surface area contributed by atoms with Crippen LogP contribution in [0.3, 0.4) is 0 Å². The molecule has 1 aliphatic heterocycles. The number of halogens is 1. The molecule has 0 spiro atoms. The van der Waals surface area contributed by atoms with E-state index in [1.54, 1.807) is 17.6 Å². The maximum atomic E-state index is 5.53. The third kappa shape index (κ3) is 5.66. The molecule has 24 heavy (non-hydrogen) atoms. The van der Waals surface area contributed by atoms with E-state index in [0.717, 1.165) is 29.6 Å². The van der Waals surface area contributed by atoms with Gasteiger partial charge in [-0.1, -0.05) is 6.07 Å². The number of thiophene rings is 1. The lowest BCUT2D eigenvalue weighted by Crippen LogP contribution is -2.40. The first-order chi connectivity index (χ1) is 11.3. The largest absolute Gasteiger partial charge is 0.443 e. The second kappa shape index (κ2) is 10.3. The summed E-state index contributed by atoms with van der Waals surface area (Å²) >= 11 is 3.67. The molecular formula is C16H23IN4OS2. The summed E-state index contributed by atoms with van der Waals surface area (Å²) in [5.74, 6) is 2.80. The Hall–Kier alpha value is -0.740. The molecule has 5 nitrogen and oxygen atoms in total. The molecule has 2 aromatic heterocycles. The number of rotatable bonds is 6. The predicted octanol–water partition coefficient (Wildman–Crippen LogP) is 3.97. The Morgan fingerprint density at radius 3 is 3.08 bits per heavy atom. The van der Waals surface area contributed by atoms with Crippen molar-refractivity contribution in [3.63, 3.8) is 0 Å². The Kier molecular flexibility index (Phi) is 8.40. The second-order valence-electron chi connectivity index (χ2n) is 5.33. The first-order valence-corrected chi connectivity index (χ1v) is 9.90. The number of hydrogen-bond donors (Lipinski definition) is 2. The van der Waals surface area contributed by atoms with Crippen LogP contribution in [0.15, 0.2) is 33.2 Å². The number of nitrogens with zero attached hydrogens (tertiary/aromatic N) is 2. The molecule has 0 aromatic carbocycles. The minimum atomic E-state index is 0. The first kappa shape index (κ1) is 19.6. The van der Waals surface area contributed by atoms with Crippen LogP contribution in [0.5, 0.6) is 0 Å². The van der Waals surface area contributed by atoms with Gasteiger partial charge in [0.05, 0.1) is 11.4 Å². The number of guanidine groups is 1. The Bertz CT molecular complexity index is 624. The van der Waals surface area contributed by atoms with E-state index in [0.29, 0.717) is 17.7 Å². The molecular weight excluding hydrogens is 455 g/mol. The highest BCUT2D eigenvalue weighted by molar-refractivity contribution is 14.0. The Morgan fingerprint density at radius 1 is 1.46 bits per heavy atom. The number of aromatic nitrogens is 1. The average molecular weight is 478 g/mol. The fourth-order valence-corrected chi connectivity index (χ4v) is 4.27. The van der Waals surface area contributed by atoms with E-state index in [4.69, 9.17) is 4.42 Å². The molecule has 0 radical (unpaired) electrons. The topological polar surface area (TPSA) is 62.5 Å². The zero-order chi connectivity index (χ0) is 15.9. The fraction of sp³-hybridized carbons (Fsp3) is 0.500. The lowest BCUT2D eigenvalue weighted by atomic mass is 10.2. The van der Waals surface area contributed by atoms with Gasteiger partial charge >= 0.3 is 0 Å². The van der Waals surface area contributed by atoms with Gasteiger partial charge in [-0.2, -0.15) is 11.8 Å². The second-order valence-corrected chi connectivity index (χ2v) is 7.69. The van der Waals surface area contributed by atoms with Gasteiger partial charge in [0, 0.05) is 18.3 Å². The van der Waals surface area contributed by atoms with E-state index in [1.165, 1.54) is 18.6 Å². The number of aliphatic imine (C=N–C) groups is 1. The van der Waals surface area contributed by atoms with Gasteiger partial charge in [0.25, 0.3) is 0 Å². The van der Waals surface area contributed by atoms with Crippen LogP contribution in [-0.2, 0) is 6.54 Å². The maximum Gasteiger partial charge on any atom is 0.236 e. The summed E-state index contributed by atoms with van der Waals surface area (Å²) in [6.45, 7) is 4.41. The number of nitrogens with one attached hydrogen (secondary N) is 2. The lowest BCUT2D eigenvalue weighted by molar-refractivity contribution is 0.574. The van der Waals surface area contributed by atoms with Crippen LogP contribution in [0, 0.1) is 0 Å². The Balaban J connectivity index is 0.00000208. The zero-order valence-corrected chi connectivity index (χ0v) is 17.6. The van der Waals surface area contributed by atoms with E-state index < -0.39 is 0 Å². The van der Waals surface area contributed by atoms with Crippen molar-refractivity contribution < 1.29 is 4.42 Å². The first-order valence-electron chi connectivity index (χ1n) is 7.97. The van der Waals surface area contributed by atoms with E-state index in [-0.39, 0.29) is 24.0 Å². The lowest BCUT2D eigenvalue weighted by Gasteiger charge is -2.14. The van der Waals surface area contributed by atoms with Gasteiger partial charge in [0.1, 0.15) is 12.0 Å². The van der Waals surface area contributed by atoms with Crippen LogP contribution in [0.25, 0.3) is 10.8 Å². The Labute approximate surface area is 168 Å². The standard InChI is InChI=1S/C16H22N4OS2.HI/c1-2-17-16(19-10-13-5-3-7-22-13)18-9-12-11-21-15(20-12)14-6-4-8-23-14;/h4,6,8,11,13H,2-3,5,7,9-10H2,1H3,(H2,17,18,19);1H. The molecule has 0 bridgehead atoms. The zero-order valence-electron chi connectivity index (χ0n) is 13.7. The third-order valence-electron chi connectivity index (χ3n) is 3.55. The van der Waals surface area contributed by atoms with E-state index in [1.807, 2.05) is 29.3 Å². The molecule has 0 aliphatic carbocycles. The highest BCUT2D eigenvalue weighted by atomic mass is 127. The van der Waals surface area contributed by atoms with Crippen molar-refractivity contribution in [2.75, 3.05) is 18.8 Å². The van der Waals surface area contributed by atoms with Gasteiger partial charge in [-0.3, -0.25) is 0 Å². The van der Waals surface area contributed by atoms with Gasteiger partial charge in [-0.25, -0.2) is 9.98 Å². The summed E-state index contributed by atoms with van der Waals surface area (Å²) in [4.78, 5) is 10.1. The van der Waals surface area contributed by atoms with Crippen molar-refractivity contribution in [3.8, 4) is 10.8 Å². The highest BCUT2D eigenvalue weighted by Crippen LogP contribution is 2.25. The molecule has 1 atom stereocenters. The van der Waals surface area contributed by atoms with Crippen LogP contribution in [0.4, 0.5) is 0 Å². The van der Waals surface area contributed by atoms with Gasteiger partial charge in [0.15, 0.2) is 5.96 Å². The summed E-state index contributed by atoms with van der Waals surface area (Å²) in [5, 5.41) is 9.44. The molecule has 1 unspecified atom stereocenters. The van der Waals surface area contributed by atoms with Gasteiger partial charge in [-0.15, -0.1) is 35.3 Å². The molecule has 2 N–H and O–H groups in total. The molecule has 0 amide bonds. The van der Waals surface area contributed by atoms with Crippen molar-refractivity contribution >= 4 is 53.0 Å². The van der Waals surface area contributed by atoms with Gasteiger partial charge in [-0.05, 0) is 37.0 Å². The molecule has 1 fully saturated rings. The number of hydrogen-bond acceptors (Lipinski definition) is 5. The summed E-state index contributed by atoms with van der Waals surface area (Å²) in [5.41, 5.74) is 0.848. The molecule has 3 heterocycles. The van der Waals surface area contributed by atoms with Crippen LogP contribution in [0.1, 0.15) is 25.5 Å². The summed E-state index contributed by atoms with van der Waals surface area (Å²) in [7, 11) is 0. The minimum Gasteiger partial charge on any atom is -0.443 e. The average Bonchev–Trinajstić information content (AvgIpc) is 3.32. The van der Waals surface area contributed by atoms with E-state index in [2.05, 4.69) is 27.5 Å². The molecule has 8 heteroatoms. The summed E-state index contributed by atoms with van der Waals surface area (Å²) in [6, 6.07) is 4.00. The SMILES string of the molecule is CCNC(=NCc1coc(-c2cccs2)n1)NCC1CCCS1.I. The third-order valence-corrected chi connectivity index (χ3v) is 5.80. The normalized spacial score (nSPS) is 17.5. The minimum absolute atomic E-state index is 0. The fourth-order valence-electron chi connectivity index (χ4n) is 2.41. The molecule has 2 aromatic rings. The van der Waals surface area contributed by atoms with Crippen LogP contribution >= 0.6 is 47.1 Å². The van der Waals surface area contributed by atoms with Crippen LogP contribution in [0.2, 0.25) is 0 Å². The molecule has 1 saturated heterocycles. The van der Waals surface area contributed by atoms with Gasteiger partial charge in [0.2, 0.25) is 5.89 Å². The van der Waals surface area contributed by atoms with Crippen LogP contribution < -0.4 is 10.6 Å². The maximum absolute atomic E-state index is 5.53. The van der Waals surface area contributed by atoms with Crippen molar-refractivity contribution in [2.24, 2.45) is 4.99 Å². The monoisotopic (exact) mass is 478 g/mol. The summed E-state index contributed by atoms with van der Waals surface area (Å²) in [6.07, 6.45) is 4.31. The predicted molar refractivity (Wildman–Crippen MR) is 114 cm³/mol. The Morgan fingerprint density at radius 2 is 2.38 bits per heavy atom. The van der Waals surface area contributed by atoms with Crippen molar-refractivity contribution in [2.45, 2.75) is 31.6 Å². The van der Waals surface area contributed by atoms with Crippen LogP contribution in [-0.4, -0.2) is 35.0 Å². The molecule has 132 valence electrons. The number of oxazole rings is 1. The molecule has 3 rings (SSSR count). The van der Waals surface area contributed by atoms with Crippen molar-refractivity contribution in [1.29, 1.82) is 0 Å². The quantitative estimate of drug-likeness (QED) is 0.374. The molecule has 1 aliphatic rings. The highest BCUT2D eigenvalue weighted by Gasteiger charge is 2.15. The van der Waals surface area contributed by atoms with E-state index in [9.17, 15) is 0 Å². The van der Waals surface area contributed by atoms with Crippen molar-refractivity contribution in [1.82, 2.24) is 15.6 Å². The van der Waals surface area contributed by atoms with Gasteiger partial charge < -0.3 is 15.1 Å². The number of thioether (sulfide) groups is 1. The smallest absolute Gasteiger partial charge is 0.236 e. The van der Waals surface area contributed by atoms with Crippen molar-refractivity contribution in [3.05, 3.63) is 29.5 Å².